The highest BCUT2D eigenvalue weighted by Gasteiger charge is 2.22. The summed E-state index contributed by atoms with van der Waals surface area (Å²) in [6.45, 7) is 8.45. The quantitative estimate of drug-likeness (QED) is 0.584. The Morgan fingerprint density at radius 3 is 2.17 bits per heavy atom. The molecule has 0 aliphatic rings. The first-order chi connectivity index (χ1) is 8.34. The highest BCUT2D eigenvalue weighted by atomic mass is 16.4. The Morgan fingerprint density at radius 1 is 1.11 bits per heavy atom. The van der Waals surface area contributed by atoms with Gasteiger partial charge < -0.3 is 15.7 Å². The van der Waals surface area contributed by atoms with Gasteiger partial charge in [-0.05, 0) is 18.3 Å². The summed E-state index contributed by atoms with van der Waals surface area (Å²) < 4.78 is 0. The molecule has 3 N–H and O–H groups in total. The molecule has 0 fully saturated rings. The van der Waals surface area contributed by atoms with Gasteiger partial charge in [0.1, 0.15) is 6.04 Å². The summed E-state index contributed by atoms with van der Waals surface area (Å²) >= 11 is 0. The zero-order valence-corrected chi connectivity index (χ0v) is 11.8. The van der Waals surface area contributed by atoms with Crippen LogP contribution in [-0.4, -0.2) is 29.7 Å². The van der Waals surface area contributed by atoms with E-state index in [0.29, 0.717) is 12.5 Å². The number of unbranched alkanes of at least 4 members (excludes halogenated alkanes) is 1. The molecule has 5 nitrogen and oxygen atoms in total. The van der Waals surface area contributed by atoms with Crippen LogP contribution in [0.25, 0.3) is 0 Å². The van der Waals surface area contributed by atoms with Gasteiger partial charge in [-0.3, -0.25) is 0 Å². The second-order valence-corrected chi connectivity index (χ2v) is 5.35. The Balaban J connectivity index is 3.79. The largest absolute Gasteiger partial charge is 0.480 e. The third-order valence-electron chi connectivity index (χ3n) is 2.71. The van der Waals surface area contributed by atoms with Gasteiger partial charge in [0.25, 0.3) is 0 Å². The third kappa shape index (κ3) is 7.92. The minimum Gasteiger partial charge on any atom is -0.480 e. The SMILES string of the molecule is CC(C)CCCCNC(=O)N[C@@H](C(=O)O)C(C)C. The molecule has 0 rings (SSSR count). The van der Waals surface area contributed by atoms with Crippen LogP contribution in [0.3, 0.4) is 0 Å². The van der Waals surface area contributed by atoms with Crippen molar-refractivity contribution in [2.24, 2.45) is 11.8 Å². The number of rotatable bonds is 8. The lowest BCUT2D eigenvalue weighted by Crippen LogP contribution is -2.48. The van der Waals surface area contributed by atoms with Crippen LogP contribution in [0.1, 0.15) is 47.0 Å². The molecule has 0 unspecified atom stereocenters. The molecule has 0 heterocycles. The van der Waals surface area contributed by atoms with Crippen molar-refractivity contribution < 1.29 is 14.7 Å². The molecule has 0 aromatic heterocycles. The van der Waals surface area contributed by atoms with Gasteiger partial charge in [-0.2, -0.15) is 0 Å². The Bertz CT molecular complexity index is 265. The number of carbonyl (C=O) groups excluding carboxylic acids is 1. The predicted molar refractivity (Wildman–Crippen MR) is 71.5 cm³/mol. The molecule has 0 aliphatic heterocycles. The van der Waals surface area contributed by atoms with Crippen LogP contribution in [0.5, 0.6) is 0 Å². The average molecular weight is 258 g/mol. The molecule has 5 heteroatoms. The van der Waals surface area contributed by atoms with E-state index < -0.39 is 18.0 Å². The van der Waals surface area contributed by atoms with Gasteiger partial charge in [0.05, 0.1) is 0 Å². The van der Waals surface area contributed by atoms with E-state index in [2.05, 4.69) is 24.5 Å². The van der Waals surface area contributed by atoms with Crippen molar-refractivity contribution in [3.8, 4) is 0 Å². The number of urea groups is 1. The van der Waals surface area contributed by atoms with Gasteiger partial charge in [0.15, 0.2) is 0 Å². The van der Waals surface area contributed by atoms with E-state index in [-0.39, 0.29) is 5.92 Å². The Kier molecular flexibility index (Phi) is 8.16. The fourth-order valence-corrected chi connectivity index (χ4v) is 1.59. The summed E-state index contributed by atoms with van der Waals surface area (Å²) in [7, 11) is 0. The molecule has 0 radical (unpaired) electrons. The van der Waals surface area contributed by atoms with Crippen LogP contribution in [0, 0.1) is 11.8 Å². The van der Waals surface area contributed by atoms with E-state index in [1.54, 1.807) is 13.8 Å². The van der Waals surface area contributed by atoms with Gasteiger partial charge in [-0.25, -0.2) is 9.59 Å². The zero-order valence-electron chi connectivity index (χ0n) is 11.8. The number of hydrogen-bond acceptors (Lipinski definition) is 2. The van der Waals surface area contributed by atoms with Crippen molar-refractivity contribution in [1.82, 2.24) is 10.6 Å². The number of aliphatic carboxylic acids is 1. The van der Waals surface area contributed by atoms with Crippen LogP contribution >= 0.6 is 0 Å². The van der Waals surface area contributed by atoms with Crippen molar-refractivity contribution in [3.63, 3.8) is 0 Å². The first-order valence-corrected chi connectivity index (χ1v) is 6.61. The molecule has 0 saturated heterocycles. The lowest BCUT2D eigenvalue weighted by atomic mass is 10.1. The molecule has 0 spiro atoms. The van der Waals surface area contributed by atoms with Gasteiger partial charge in [-0.1, -0.05) is 40.5 Å². The summed E-state index contributed by atoms with van der Waals surface area (Å²) in [6, 6.07) is -1.23. The number of hydrogen-bond donors (Lipinski definition) is 3. The summed E-state index contributed by atoms with van der Waals surface area (Å²) in [4.78, 5) is 22.4. The van der Waals surface area contributed by atoms with Gasteiger partial charge in [-0.15, -0.1) is 0 Å². The molecule has 0 saturated carbocycles. The van der Waals surface area contributed by atoms with E-state index in [1.807, 2.05) is 0 Å². The van der Waals surface area contributed by atoms with Crippen LogP contribution in [0.4, 0.5) is 4.79 Å². The number of carboxylic acids is 1. The predicted octanol–water partition coefficient (Wildman–Crippen LogP) is 2.22. The van der Waals surface area contributed by atoms with Crippen molar-refractivity contribution in [1.29, 1.82) is 0 Å². The maximum Gasteiger partial charge on any atom is 0.326 e. The lowest BCUT2D eigenvalue weighted by Gasteiger charge is -2.18. The molecule has 0 aromatic rings. The van der Waals surface area contributed by atoms with Crippen molar-refractivity contribution >= 4 is 12.0 Å². The molecule has 0 bridgehead atoms. The van der Waals surface area contributed by atoms with Gasteiger partial charge in [0.2, 0.25) is 0 Å². The summed E-state index contributed by atoms with van der Waals surface area (Å²) in [5.41, 5.74) is 0. The number of carbonyl (C=O) groups is 2. The Morgan fingerprint density at radius 2 is 1.72 bits per heavy atom. The second kappa shape index (κ2) is 8.78. The van der Waals surface area contributed by atoms with Crippen molar-refractivity contribution in [2.75, 3.05) is 6.54 Å². The van der Waals surface area contributed by atoms with Crippen molar-refractivity contribution in [3.05, 3.63) is 0 Å². The molecular weight excluding hydrogens is 232 g/mol. The van der Waals surface area contributed by atoms with E-state index in [0.717, 1.165) is 19.3 Å². The maximum atomic E-state index is 11.5. The van der Waals surface area contributed by atoms with Crippen LogP contribution in [-0.2, 0) is 4.79 Å². The normalized spacial score (nSPS) is 12.6. The molecule has 0 aromatic carbocycles. The van der Waals surface area contributed by atoms with E-state index >= 15 is 0 Å². The van der Waals surface area contributed by atoms with Crippen LogP contribution in [0.15, 0.2) is 0 Å². The molecule has 1 atom stereocenters. The summed E-state index contributed by atoms with van der Waals surface area (Å²) in [6.07, 6.45) is 3.14. The summed E-state index contributed by atoms with van der Waals surface area (Å²) in [5, 5.41) is 14.1. The molecule has 2 amide bonds. The van der Waals surface area contributed by atoms with E-state index in [4.69, 9.17) is 5.11 Å². The second-order valence-electron chi connectivity index (χ2n) is 5.35. The minimum absolute atomic E-state index is 0.130. The standard InChI is InChI=1S/C13H26N2O3/c1-9(2)7-5-6-8-14-13(18)15-11(10(3)4)12(16)17/h9-11H,5-8H2,1-4H3,(H,16,17)(H2,14,15,18)/t11-/m1/s1. The van der Waals surface area contributed by atoms with Crippen molar-refractivity contribution in [2.45, 2.75) is 53.0 Å². The highest BCUT2D eigenvalue weighted by molar-refractivity contribution is 5.82. The third-order valence-corrected chi connectivity index (χ3v) is 2.71. The number of carboxylic acid groups (broad SMARTS) is 1. The minimum atomic E-state index is -1.00. The van der Waals surface area contributed by atoms with E-state index in [1.165, 1.54) is 0 Å². The first kappa shape index (κ1) is 16.7. The molecular formula is C13H26N2O3. The summed E-state index contributed by atoms with van der Waals surface area (Å²) in [5.74, 6) is -0.453. The zero-order chi connectivity index (χ0) is 14.1. The van der Waals surface area contributed by atoms with Crippen LogP contribution in [0.2, 0.25) is 0 Å². The van der Waals surface area contributed by atoms with Crippen LogP contribution < -0.4 is 10.6 Å². The fourth-order valence-electron chi connectivity index (χ4n) is 1.59. The average Bonchev–Trinajstić information content (AvgIpc) is 2.24. The highest BCUT2D eigenvalue weighted by Crippen LogP contribution is 2.05. The first-order valence-electron chi connectivity index (χ1n) is 6.61. The van der Waals surface area contributed by atoms with E-state index in [9.17, 15) is 9.59 Å². The molecule has 18 heavy (non-hydrogen) atoms. The van der Waals surface area contributed by atoms with Gasteiger partial charge in [0, 0.05) is 6.54 Å². The smallest absolute Gasteiger partial charge is 0.326 e. The maximum absolute atomic E-state index is 11.5. The monoisotopic (exact) mass is 258 g/mol. The topological polar surface area (TPSA) is 78.4 Å². The number of amides is 2. The fraction of sp³-hybridized carbons (Fsp3) is 0.846. The Labute approximate surface area is 109 Å². The molecule has 0 aliphatic carbocycles. The molecule has 106 valence electrons. The van der Waals surface area contributed by atoms with Gasteiger partial charge >= 0.3 is 12.0 Å². The lowest BCUT2D eigenvalue weighted by molar-refractivity contribution is -0.140. The number of nitrogens with one attached hydrogen (secondary N) is 2. The Hall–Kier alpha value is -1.26.